The zero-order chi connectivity index (χ0) is 13.8. The number of hydrogen-bond acceptors (Lipinski definition) is 4. The normalized spacial score (nSPS) is 17.8. The van der Waals surface area contributed by atoms with Crippen molar-refractivity contribution in [2.45, 2.75) is 18.9 Å². The second-order valence-electron chi connectivity index (χ2n) is 4.93. The molecule has 1 aromatic heterocycles. The van der Waals surface area contributed by atoms with Crippen LogP contribution in [0.1, 0.15) is 23.2 Å². The molecule has 1 aromatic carbocycles. The van der Waals surface area contributed by atoms with Crippen molar-refractivity contribution in [3.8, 4) is 5.69 Å². The lowest BCUT2D eigenvalue weighted by Gasteiger charge is -2.23. The molecule has 0 aliphatic carbocycles. The van der Waals surface area contributed by atoms with Crippen molar-refractivity contribution in [3.05, 3.63) is 42.5 Å². The van der Waals surface area contributed by atoms with Crippen molar-refractivity contribution in [1.82, 2.24) is 25.4 Å². The van der Waals surface area contributed by atoms with Crippen LogP contribution in [0.3, 0.4) is 0 Å². The molecule has 0 radical (unpaired) electrons. The van der Waals surface area contributed by atoms with Crippen LogP contribution in [-0.4, -0.2) is 39.8 Å². The zero-order valence-electron chi connectivity index (χ0n) is 11.5. The summed E-state index contributed by atoms with van der Waals surface area (Å²) in [5.41, 5.74) is 1.61. The van der Waals surface area contributed by atoms with Gasteiger partial charge in [-0.05, 0) is 43.7 Å². The van der Waals surface area contributed by atoms with Crippen LogP contribution in [0, 0.1) is 0 Å². The number of rotatable bonds is 3. The summed E-state index contributed by atoms with van der Waals surface area (Å²) in [5.74, 6) is -0.0194. The summed E-state index contributed by atoms with van der Waals surface area (Å²) in [5, 5.41) is 13.9. The quantitative estimate of drug-likeness (QED) is 0.893. The predicted octanol–water partition coefficient (Wildman–Crippen LogP) is 1.17. The van der Waals surface area contributed by atoms with Gasteiger partial charge in [-0.15, -0.1) is 22.6 Å². The molecule has 1 amide bonds. The number of halogens is 1. The Balaban J connectivity index is 0.00000161. The van der Waals surface area contributed by atoms with Gasteiger partial charge >= 0.3 is 0 Å². The molecule has 1 fully saturated rings. The second-order valence-corrected chi connectivity index (χ2v) is 4.93. The van der Waals surface area contributed by atoms with Crippen LogP contribution in [0.25, 0.3) is 5.69 Å². The van der Waals surface area contributed by atoms with Gasteiger partial charge < -0.3 is 10.6 Å². The van der Waals surface area contributed by atoms with Crippen LogP contribution in [0.15, 0.2) is 36.9 Å². The molecule has 1 saturated heterocycles. The maximum Gasteiger partial charge on any atom is 0.251 e. The monoisotopic (exact) mass is 307 g/mol. The van der Waals surface area contributed by atoms with Crippen LogP contribution < -0.4 is 10.6 Å². The van der Waals surface area contributed by atoms with Gasteiger partial charge in [0.15, 0.2) is 0 Å². The van der Waals surface area contributed by atoms with Crippen molar-refractivity contribution in [2.24, 2.45) is 0 Å². The molecule has 0 bridgehead atoms. The minimum atomic E-state index is -0.0194. The maximum atomic E-state index is 12.1. The molecule has 0 spiro atoms. The van der Waals surface area contributed by atoms with Crippen LogP contribution in [-0.2, 0) is 0 Å². The maximum absolute atomic E-state index is 12.1. The number of aromatic nitrogens is 3. The summed E-state index contributed by atoms with van der Waals surface area (Å²) in [4.78, 5) is 12.1. The molecule has 2 N–H and O–H groups in total. The number of piperidine rings is 1. The smallest absolute Gasteiger partial charge is 0.251 e. The van der Waals surface area contributed by atoms with E-state index in [4.69, 9.17) is 0 Å². The first-order chi connectivity index (χ1) is 9.83. The van der Waals surface area contributed by atoms with Gasteiger partial charge in [0, 0.05) is 23.8 Å². The lowest BCUT2D eigenvalue weighted by atomic mass is 10.1. The molecule has 1 aliphatic rings. The fraction of sp³-hybridized carbons (Fsp3) is 0.357. The van der Waals surface area contributed by atoms with E-state index in [9.17, 15) is 4.79 Å². The summed E-state index contributed by atoms with van der Waals surface area (Å²) in [7, 11) is 0. The molecular formula is C14H18ClN5O. The standard InChI is InChI=1S/C14H17N5O.ClH/c20-14(18-12-2-1-7-15-8-12)11-3-5-13(6-4-11)19-9-16-17-10-19;/h3-6,9-10,12,15H,1-2,7-8H2,(H,18,20);1H/t12-;/m0./s1. The van der Waals surface area contributed by atoms with Gasteiger partial charge in [-0.1, -0.05) is 0 Å². The Morgan fingerprint density at radius 1 is 1.24 bits per heavy atom. The van der Waals surface area contributed by atoms with E-state index in [1.807, 2.05) is 24.3 Å². The lowest BCUT2D eigenvalue weighted by Crippen LogP contribution is -2.45. The Morgan fingerprint density at radius 3 is 2.57 bits per heavy atom. The Hall–Kier alpha value is -1.92. The number of benzene rings is 1. The van der Waals surface area contributed by atoms with Gasteiger partial charge in [0.2, 0.25) is 0 Å². The molecule has 3 rings (SSSR count). The highest BCUT2D eigenvalue weighted by Gasteiger charge is 2.16. The van der Waals surface area contributed by atoms with Crippen LogP contribution in [0.5, 0.6) is 0 Å². The highest BCUT2D eigenvalue weighted by atomic mass is 35.5. The number of carbonyl (C=O) groups is 1. The van der Waals surface area contributed by atoms with E-state index >= 15 is 0 Å². The first-order valence-corrected chi connectivity index (χ1v) is 6.79. The first kappa shape index (κ1) is 15.5. The number of amides is 1. The van der Waals surface area contributed by atoms with Crippen LogP contribution in [0.4, 0.5) is 0 Å². The molecule has 6 nitrogen and oxygen atoms in total. The van der Waals surface area contributed by atoms with Crippen LogP contribution in [0.2, 0.25) is 0 Å². The topological polar surface area (TPSA) is 71.8 Å². The minimum absolute atomic E-state index is 0. The summed E-state index contributed by atoms with van der Waals surface area (Å²) < 4.78 is 1.80. The molecule has 7 heteroatoms. The van der Waals surface area contributed by atoms with Gasteiger partial charge in [0.25, 0.3) is 5.91 Å². The van der Waals surface area contributed by atoms with E-state index in [0.717, 1.165) is 31.6 Å². The molecule has 2 heterocycles. The molecule has 1 aliphatic heterocycles. The second kappa shape index (κ2) is 7.19. The van der Waals surface area contributed by atoms with E-state index in [1.54, 1.807) is 17.2 Å². The van der Waals surface area contributed by atoms with Crippen molar-refractivity contribution in [2.75, 3.05) is 13.1 Å². The SMILES string of the molecule is Cl.O=C(N[C@H]1CCCNC1)c1ccc(-n2cnnc2)cc1. The third-order valence-corrected chi connectivity index (χ3v) is 3.48. The van der Waals surface area contributed by atoms with E-state index < -0.39 is 0 Å². The first-order valence-electron chi connectivity index (χ1n) is 6.79. The van der Waals surface area contributed by atoms with E-state index in [1.165, 1.54) is 0 Å². The number of nitrogens with one attached hydrogen (secondary N) is 2. The Bertz CT molecular complexity index is 564. The van der Waals surface area contributed by atoms with Gasteiger partial charge in [0.05, 0.1) is 0 Å². The molecule has 0 unspecified atom stereocenters. The van der Waals surface area contributed by atoms with Crippen molar-refractivity contribution < 1.29 is 4.79 Å². The average Bonchev–Trinajstić information content (AvgIpc) is 3.03. The van der Waals surface area contributed by atoms with Crippen molar-refractivity contribution in [1.29, 1.82) is 0 Å². The lowest BCUT2D eigenvalue weighted by molar-refractivity contribution is 0.0930. The minimum Gasteiger partial charge on any atom is -0.348 e. The molecule has 112 valence electrons. The fourth-order valence-corrected chi connectivity index (χ4v) is 2.36. The zero-order valence-corrected chi connectivity index (χ0v) is 12.3. The van der Waals surface area contributed by atoms with Gasteiger partial charge in [-0.25, -0.2) is 0 Å². The number of carbonyl (C=O) groups excluding carboxylic acids is 1. The van der Waals surface area contributed by atoms with Crippen molar-refractivity contribution in [3.63, 3.8) is 0 Å². The predicted molar refractivity (Wildman–Crippen MR) is 82.0 cm³/mol. The number of nitrogens with zero attached hydrogens (tertiary/aromatic N) is 3. The summed E-state index contributed by atoms with van der Waals surface area (Å²) in [6.45, 7) is 1.89. The summed E-state index contributed by atoms with van der Waals surface area (Å²) in [6.07, 6.45) is 5.40. The number of hydrogen-bond donors (Lipinski definition) is 2. The van der Waals surface area contributed by atoms with Gasteiger partial charge in [-0.3, -0.25) is 9.36 Å². The Labute approximate surface area is 129 Å². The highest BCUT2D eigenvalue weighted by molar-refractivity contribution is 5.94. The molecule has 1 atom stereocenters. The fourth-order valence-electron chi connectivity index (χ4n) is 2.36. The molecule has 2 aromatic rings. The van der Waals surface area contributed by atoms with E-state index in [0.29, 0.717) is 5.56 Å². The van der Waals surface area contributed by atoms with E-state index in [2.05, 4.69) is 20.8 Å². The van der Waals surface area contributed by atoms with Gasteiger partial charge in [-0.2, -0.15) is 0 Å². The Morgan fingerprint density at radius 2 is 1.95 bits per heavy atom. The summed E-state index contributed by atoms with van der Waals surface area (Å²) >= 11 is 0. The average molecular weight is 308 g/mol. The summed E-state index contributed by atoms with van der Waals surface area (Å²) in [6, 6.07) is 7.64. The molecule has 21 heavy (non-hydrogen) atoms. The third kappa shape index (κ3) is 3.80. The molecule has 0 saturated carbocycles. The largest absolute Gasteiger partial charge is 0.348 e. The van der Waals surface area contributed by atoms with Crippen molar-refractivity contribution >= 4 is 18.3 Å². The third-order valence-electron chi connectivity index (χ3n) is 3.48. The molecular weight excluding hydrogens is 290 g/mol. The van der Waals surface area contributed by atoms with Crippen LogP contribution >= 0.6 is 12.4 Å². The van der Waals surface area contributed by atoms with E-state index in [-0.39, 0.29) is 24.4 Å². The van der Waals surface area contributed by atoms with Gasteiger partial charge in [0.1, 0.15) is 12.7 Å². The highest BCUT2D eigenvalue weighted by Crippen LogP contribution is 2.10. The Kier molecular flexibility index (Phi) is 5.30.